The Morgan fingerprint density at radius 1 is 0.750 bits per heavy atom. The minimum Gasteiger partial charge on any atom is -0.302 e. The van der Waals surface area contributed by atoms with Gasteiger partial charge in [0.2, 0.25) is 24.8 Å². The Bertz CT molecular complexity index is 1280. The van der Waals surface area contributed by atoms with Crippen LogP contribution in [0, 0.1) is 0 Å². The number of rotatable bonds is 11. The van der Waals surface area contributed by atoms with Gasteiger partial charge in [-0.1, -0.05) is 12.1 Å². The minimum atomic E-state index is -0.976. The fraction of sp³-hybridized carbons (Fsp3) is 0.0833. The van der Waals surface area contributed by atoms with Crippen LogP contribution in [0.15, 0.2) is 84.1 Å². The lowest BCUT2D eigenvalue weighted by molar-refractivity contribution is -0.921. The van der Waals surface area contributed by atoms with Gasteiger partial charge >= 0.3 is 0 Å². The molecule has 0 aliphatic heterocycles. The molecule has 2 atom stereocenters. The third-order valence-electron chi connectivity index (χ3n) is 5.25. The largest absolute Gasteiger partial charge is 0.302 e. The Hall–Kier alpha value is -2.90. The van der Waals surface area contributed by atoms with Crippen molar-refractivity contribution in [2.75, 3.05) is 5.23 Å². The lowest BCUT2D eigenvalue weighted by Crippen LogP contribution is -2.75. The van der Waals surface area contributed by atoms with Crippen molar-refractivity contribution in [2.24, 2.45) is 0 Å². The molecule has 0 aliphatic rings. The fourth-order valence-corrected chi connectivity index (χ4v) is 5.62. The van der Waals surface area contributed by atoms with Gasteiger partial charge in [0.05, 0.1) is 42.0 Å². The van der Waals surface area contributed by atoms with Crippen LogP contribution in [-0.4, -0.2) is 27.2 Å². The summed E-state index contributed by atoms with van der Waals surface area (Å²) in [4.78, 5) is 50.6. The van der Waals surface area contributed by atoms with Crippen molar-refractivity contribution >= 4 is 79.1 Å². The van der Waals surface area contributed by atoms with E-state index in [0.717, 1.165) is 0 Å². The zero-order chi connectivity index (χ0) is 25.7. The first-order chi connectivity index (χ1) is 17.4. The lowest BCUT2D eigenvalue weighted by atomic mass is 9.97. The Kier molecular flexibility index (Phi) is 8.64. The summed E-state index contributed by atoms with van der Waals surface area (Å²) in [6.45, 7) is 0. The molecule has 4 rings (SSSR count). The van der Waals surface area contributed by atoms with Crippen molar-refractivity contribution < 1.29 is 28.5 Å². The van der Waals surface area contributed by atoms with E-state index < -0.39 is 11.8 Å². The van der Waals surface area contributed by atoms with Crippen LogP contribution >= 0.6 is 55.0 Å². The third-order valence-corrected chi connectivity index (χ3v) is 7.59. The number of carbonyl (C=O) groups excluding carboxylic acids is 4. The number of carbonyl (C=O) groups is 4. The molecule has 36 heavy (non-hydrogen) atoms. The summed E-state index contributed by atoms with van der Waals surface area (Å²) in [6, 6.07) is 13.7. The van der Waals surface area contributed by atoms with E-state index in [0.29, 0.717) is 33.5 Å². The van der Waals surface area contributed by atoms with Crippen molar-refractivity contribution in [2.45, 2.75) is 11.8 Å². The van der Waals surface area contributed by atoms with E-state index in [9.17, 15) is 19.2 Å². The van der Waals surface area contributed by atoms with Gasteiger partial charge in [-0.25, -0.2) is 0 Å². The molecule has 0 amide bonds. The van der Waals surface area contributed by atoms with Gasteiger partial charge in [-0.2, -0.15) is 0 Å². The van der Waals surface area contributed by atoms with Crippen molar-refractivity contribution in [3.05, 3.63) is 105 Å². The van der Waals surface area contributed by atoms with Crippen molar-refractivity contribution in [1.29, 1.82) is 0 Å². The number of pyridine rings is 2. The molecule has 0 aromatic carbocycles. The maximum Gasteiger partial charge on any atom is 0.211 e. The lowest BCUT2D eigenvalue weighted by Gasteiger charge is -2.15. The predicted molar refractivity (Wildman–Crippen MR) is 141 cm³/mol. The Balaban J connectivity index is 1.69. The molecule has 0 saturated heterocycles. The first-order valence-electron chi connectivity index (χ1n) is 10.5. The number of Topliss-reactive ketones (excluding diaryl/α,β-unsaturated/α-hetero) is 2. The van der Waals surface area contributed by atoms with Crippen LogP contribution in [0.3, 0.4) is 0 Å². The highest BCUT2D eigenvalue weighted by molar-refractivity contribution is 9.21. The van der Waals surface area contributed by atoms with E-state index in [-0.39, 0.29) is 11.6 Å². The van der Waals surface area contributed by atoms with Crippen LogP contribution in [0.25, 0.3) is 0 Å². The van der Waals surface area contributed by atoms with E-state index in [1.807, 2.05) is 0 Å². The van der Waals surface area contributed by atoms with Gasteiger partial charge in [0.25, 0.3) is 0 Å². The molecule has 0 N–H and O–H groups in total. The molecule has 0 fully saturated rings. The second kappa shape index (κ2) is 11.9. The molecule has 4 aromatic heterocycles. The number of ketones is 2. The van der Waals surface area contributed by atoms with Crippen molar-refractivity contribution in [3.63, 3.8) is 0 Å². The SMILES string of the molecule is O=CC(C(=O)c1cccs1)c1ccc[n+](N(N(Br)Br)[n+]2cccc(C(C=O)C(=O)c3cccs3)c2)c1. The molecule has 4 heterocycles. The van der Waals surface area contributed by atoms with Gasteiger partial charge in [0, 0.05) is 26.3 Å². The predicted octanol–water partition coefficient (Wildman–Crippen LogP) is 3.95. The Labute approximate surface area is 231 Å². The molecular weight excluding hydrogens is 632 g/mol. The second-order valence-corrected chi connectivity index (χ2v) is 11.6. The van der Waals surface area contributed by atoms with E-state index in [4.69, 9.17) is 0 Å². The highest BCUT2D eigenvalue weighted by atomic mass is 79.9. The molecular formula is C24H18Br2N4O4S2+2. The number of thiophene rings is 2. The summed E-state index contributed by atoms with van der Waals surface area (Å²) in [5.74, 6) is -2.52. The highest BCUT2D eigenvalue weighted by Crippen LogP contribution is 2.22. The van der Waals surface area contributed by atoms with E-state index in [1.165, 1.54) is 25.7 Å². The van der Waals surface area contributed by atoms with Crippen molar-refractivity contribution in [1.82, 2.24) is 3.06 Å². The number of hydrogen-bond donors (Lipinski definition) is 0. The number of nitrogens with zero attached hydrogens (tertiary/aromatic N) is 4. The molecule has 8 nitrogen and oxygen atoms in total. The van der Waals surface area contributed by atoms with Gasteiger partial charge < -0.3 is 9.59 Å². The molecule has 12 heteroatoms. The number of aldehydes is 2. The molecule has 182 valence electrons. The van der Waals surface area contributed by atoms with E-state index >= 15 is 0 Å². The van der Waals surface area contributed by atoms with Gasteiger partial charge in [-0.05, 0) is 44.4 Å². The molecule has 2 unspecified atom stereocenters. The van der Waals surface area contributed by atoms with Gasteiger partial charge in [0.1, 0.15) is 24.4 Å². The summed E-state index contributed by atoms with van der Waals surface area (Å²) < 4.78 is 4.65. The van der Waals surface area contributed by atoms with E-state index in [2.05, 4.69) is 32.3 Å². The van der Waals surface area contributed by atoms with Crippen LogP contribution < -0.4 is 14.6 Å². The summed E-state index contributed by atoms with van der Waals surface area (Å²) >= 11 is 9.28. The zero-order valence-corrected chi connectivity index (χ0v) is 23.2. The molecule has 0 spiro atoms. The third kappa shape index (κ3) is 5.57. The molecule has 0 bridgehead atoms. The fourth-order valence-electron chi connectivity index (χ4n) is 3.56. The first-order valence-corrected chi connectivity index (χ1v) is 13.6. The van der Waals surface area contributed by atoms with E-state index in [1.54, 1.807) is 98.7 Å². The van der Waals surface area contributed by atoms with Gasteiger partial charge in [-0.15, -0.1) is 22.7 Å². The molecule has 0 aliphatic carbocycles. The van der Waals surface area contributed by atoms with Crippen LogP contribution in [0.5, 0.6) is 0 Å². The van der Waals surface area contributed by atoms with Crippen LogP contribution in [0.1, 0.15) is 42.3 Å². The average Bonchev–Trinajstić information content (AvgIpc) is 3.60. The van der Waals surface area contributed by atoms with Gasteiger partial charge in [0.15, 0.2) is 16.8 Å². The molecule has 0 radical (unpaired) electrons. The molecule has 4 aromatic rings. The first kappa shape index (κ1) is 26.2. The summed E-state index contributed by atoms with van der Waals surface area (Å²) in [7, 11) is 0. The topological polar surface area (TPSA) is 82.5 Å². The maximum atomic E-state index is 12.9. The van der Waals surface area contributed by atoms with Crippen molar-refractivity contribution in [3.8, 4) is 0 Å². The quantitative estimate of drug-likeness (QED) is 0.0611. The highest BCUT2D eigenvalue weighted by Gasteiger charge is 2.34. The smallest absolute Gasteiger partial charge is 0.211 e. The summed E-state index contributed by atoms with van der Waals surface area (Å²) in [5.41, 5.74) is 0.987. The second-order valence-electron chi connectivity index (χ2n) is 7.43. The normalized spacial score (nSPS) is 12.6. The van der Waals surface area contributed by atoms with Gasteiger partial charge in [-0.3, -0.25) is 9.59 Å². The number of hydrogen-bond acceptors (Lipinski definition) is 8. The zero-order valence-electron chi connectivity index (χ0n) is 18.4. The number of hydrazine groups is 1. The Morgan fingerprint density at radius 2 is 1.19 bits per heavy atom. The molecule has 0 saturated carbocycles. The van der Waals surface area contributed by atoms with Crippen LogP contribution in [0.4, 0.5) is 0 Å². The maximum absolute atomic E-state index is 12.9. The Morgan fingerprint density at radius 3 is 1.53 bits per heavy atom. The average molecular weight is 650 g/mol. The summed E-state index contributed by atoms with van der Waals surface area (Å²) in [6.07, 6.45) is 7.98. The monoisotopic (exact) mass is 648 g/mol. The van der Waals surface area contributed by atoms with Crippen LogP contribution in [0.2, 0.25) is 0 Å². The number of aromatic nitrogens is 2. The summed E-state index contributed by atoms with van der Waals surface area (Å²) in [5, 5.41) is 5.13. The minimum absolute atomic E-state index is 0.283. The van der Waals surface area contributed by atoms with Crippen LogP contribution in [-0.2, 0) is 9.59 Å². The number of halogens is 2. The standard InChI is InChI=1S/C24H18Br2N4O4S2/c25-29(26)30(27-9-1-5-17(13-27)19(15-31)23(33)21-7-3-11-35-21)28-10-2-6-18(14-28)20(16-32)24(34)22-8-4-12-36-22/h1-16,19-20H/q+2.